The fourth-order valence-electron chi connectivity index (χ4n) is 1.15. The number of carbonyl (C=O) groups excluding carboxylic acids is 1. The average Bonchev–Trinajstić information content (AvgIpc) is 2.52. The molecule has 0 aromatic carbocycles. The molecular formula is C8H11ClO3. The van der Waals surface area contributed by atoms with E-state index in [2.05, 4.69) is 4.74 Å². The lowest BCUT2D eigenvalue weighted by atomic mass is 10.2. The molecule has 0 saturated heterocycles. The minimum absolute atomic E-state index is 0.299. The van der Waals surface area contributed by atoms with E-state index in [-0.39, 0.29) is 5.97 Å². The molecule has 68 valence electrons. The van der Waals surface area contributed by atoms with E-state index in [0.717, 1.165) is 0 Å². The highest BCUT2D eigenvalue weighted by atomic mass is 35.5. The summed E-state index contributed by atoms with van der Waals surface area (Å²) in [7, 11) is 1.37. The first-order valence-corrected chi connectivity index (χ1v) is 4.32. The van der Waals surface area contributed by atoms with Crippen molar-refractivity contribution in [1.82, 2.24) is 0 Å². The molecule has 0 saturated carbocycles. The normalized spacial score (nSPS) is 16.2. The maximum Gasteiger partial charge on any atom is 0.337 e. The third-order valence-corrected chi connectivity index (χ3v) is 1.91. The number of hydrogen-bond donors (Lipinski definition) is 0. The van der Waals surface area contributed by atoms with Crippen LogP contribution in [0.15, 0.2) is 11.3 Å². The number of halogens is 1. The van der Waals surface area contributed by atoms with Crippen LogP contribution in [0.4, 0.5) is 0 Å². The van der Waals surface area contributed by atoms with E-state index in [1.54, 1.807) is 0 Å². The predicted molar refractivity (Wildman–Crippen MR) is 44.9 cm³/mol. The molecule has 1 aliphatic rings. The number of methoxy groups -OCH3 is 1. The van der Waals surface area contributed by atoms with Crippen LogP contribution in [0.5, 0.6) is 0 Å². The average molecular weight is 191 g/mol. The van der Waals surface area contributed by atoms with Gasteiger partial charge in [-0.3, -0.25) is 0 Å². The zero-order chi connectivity index (χ0) is 8.97. The Labute approximate surface area is 76.3 Å². The van der Waals surface area contributed by atoms with Crippen molar-refractivity contribution < 1.29 is 14.3 Å². The highest BCUT2D eigenvalue weighted by molar-refractivity contribution is 6.18. The molecule has 0 N–H and O–H groups in total. The monoisotopic (exact) mass is 190 g/mol. The summed E-state index contributed by atoms with van der Waals surface area (Å²) in [5, 5.41) is 0. The third-order valence-electron chi connectivity index (χ3n) is 1.72. The molecule has 0 atom stereocenters. The van der Waals surface area contributed by atoms with E-state index in [4.69, 9.17) is 16.3 Å². The van der Waals surface area contributed by atoms with Crippen LogP contribution in [-0.4, -0.2) is 25.6 Å². The molecule has 0 spiro atoms. The number of esters is 1. The topological polar surface area (TPSA) is 35.5 Å². The lowest BCUT2D eigenvalue weighted by Crippen LogP contribution is -2.04. The largest absolute Gasteiger partial charge is 0.497 e. The van der Waals surface area contributed by atoms with Crippen LogP contribution in [0.1, 0.15) is 12.8 Å². The van der Waals surface area contributed by atoms with Crippen LogP contribution < -0.4 is 0 Å². The fourth-order valence-corrected chi connectivity index (χ4v) is 1.32. The number of rotatable bonds is 3. The standard InChI is InChI=1S/C8H11ClO3/c1-11-8(10)6-3-5-12-7(6)2-4-9/h2-5H2,1H3. The molecule has 12 heavy (non-hydrogen) atoms. The van der Waals surface area contributed by atoms with E-state index >= 15 is 0 Å². The van der Waals surface area contributed by atoms with E-state index in [9.17, 15) is 4.79 Å². The lowest BCUT2D eigenvalue weighted by molar-refractivity contribution is -0.136. The van der Waals surface area contributed by atoms with Crippen LogP contribution in [0, 0.1) is 0 Å². The molecule has 0 aromatic rings. The number of carbonyl (C=O) groups is 1. The van der Waals surface area contributed by atoms with Crippen molar-refractivity contribution >= 4 is 17.6 Å². The van der Waals surface area contributed by atoms with Gasteiger partial charge in [0.15, 0.2) is 0 Å². The Bertz CT molecular complexity index is 210. The second-order valence-electron chi connectivity index (χ2n) is 2.43. The van der Waals surface area contributed by atoms with E-state index in [1.807, 2.05) is 0 Å². The summed E-state index contributed by atoms with van der Waals surface area (Å²) in [5.74, 6) is 0.861. The molecule has 0 aliphatic carbocycles. The van der Waals surface area contributed by atoms with Crippen molar-refractivity contribution in [2.75, 3.05) is 19.6 Å². The van der Waals surface area contributed by atoms with Crippen molar-refractivity contribution in [2.45, 2.75) is 12.8 Å². The predicted octanol–water partition coefficient (Wildman–Crippen LogP) is 1.46. The van der Waals surface area contributed by atoms with Gasteiger partial charge < -0.3 is 9.47 Å². The SMILES string of the molecule is COC(=O)C1=C(CCCl)OCC1. The Kier molecular flexibility index (Phi) is 3.41. The first-order chi connectivity index (χ1) is 5.79. The highest BCUT2D eigenvalue weighted by Gasteiger charge is 2.22. The zero-order valence-corrected chi connectivity index (χ0v) is 7.69. The van der Waals surface area contributed by atoms with Gasteiger partial charge in [-0.25, -0.2) is 4.79 Å². The molecule has 0 unspecified atom stereocenters. The highest BCUT2D eigenvalue weighted by Crippen LogP contribution is 2.23. The Morgan fingerprint density at radius 1 is 1.75 bits per heavy atom. The summed E-state index contributed by atoms with van der Waals surface area (Å²) >= 11 is 5.53. The van der Waals surface area contributed by atoms with Crippen LogP contribution >= 0.6 is 11.6 Å². The Morgan fingerprint density at radius 2 is 2.50 bits per heavy atom. The first-order valence-electron chi connectivity index (χ1n) is 3.78. The van der Waals surface area contributed by atoms with Crippen molar-refractivity contribution in [3.05, 3.63) is 11.3 Å². The molecule has 0 aromatic heterocycles. The molecule has 0 radical (unpaired) electrons. The van der Waals surface area contributed by atoms with Crippen molar-refractivity contribution in [1.29, 1.82) is 0 Å². The van der Waals surface area contributed by atoms with Gasteiger partial charge in [0, 0.05) is 18.7 Å². The van der Waals surface area contributed by atoms with Crippen LogP contribution in [0.3, 0.4) is 0 Å². The number of hydrogen-bond acceptors (Lipinski definition) is 3. The molecule has 1 rings (SSSR count). The summed E-state index contributed by atoms with van der Waals surface area (Å²) < 4.78 is 9.81. The summed E-state index contributed by atoms with van der Waals surface area (Å²) in [6, 6.07) is 0. The van der Waals surface area contributed by atoms with Gasteiger partial charge >= 0.3 is 5.97 Å². The minimum atomic E-state index is -0.299. The van der Waals surface area contributed by atoms with Gasteiger partial charge in [0.2, 0.25) is 0 Å². The number of alkyl halides is 1. The third kappa shape index (κ3) is 1.91. The molecular weight excluding hydrogens is 180 g/mol. The maximum absolute atomic E-state index is 11.1. The molecule has 1 heterocycles. The van der Waals surface area contributed by atoms with Gasteiger partial charge in [0.25, 0.3) is 0 Å². The van der Waals surface area contributed by atoms with Gasteiger partial charge in [0.1, 0.15) is 5.76 Å². The Balaban J connectivity index is 2.69. The molecule has 0 bridgehead atoms. The van der Waals surface area contributed by atoms with E-state index in [1.165, 1.54) is 7.11 Å². The smallest absolute Gasteiger partial charge is 0.337 e. The maximum atomic E-state index is 11.1. The quantitative estimate of drug-likeness (QED) is 0.499. The molecule has 4 heteroatoms. The molecule has 3 nitrogen and oxygen atoms in total. The van der Waals surface area contributed by atoms with E-state index in [0.29, 0.717) is 36.7 Å². The van der Waals surface area contributed by atoms with Gasteiger partial charge in [0.05, 0.1) is 19.3 Å². The van der Waals surface area contributed by atoms with E-state index < -0.39 is 0 Å². The number of allylic oxidation sites excluding steroid dienone is 1. The lowest BCUT2D eigenvalue weighted by Gasteiger charge is -2.02. The Hall–Kier alpha value is -0.700. The molecule has 1 aliphatic heterocycles. The zero-order valence-electron chi connectivity index (χ0n) is 6.93. The Morgan fingerprint density at radius 3 is 3.08 bits per heavy atom. The van der Waals surface area contributed by atoms with Gasteiger partial charge in [-0.05, 0) is 0 Å². The van der Waals surface area contributed by atoms with Crippen LogP contribution in [-0.2, 0) is 14.3 Å². The second kappa shape index (κ2) is 4.36. The van der Waals surface area contributed by atoms with Crippen LogP contribution in [0.2, 0.25) is 0 Å². The summed E-state index contributed by atoms with van der Waals surface area (Å²) in [6.07, 6.45) is 1.24. The van der Waals surface area contributed by atoms with Crippen molar-refractivity contribution in [2.24, 2.45) is 0 Å². The summed E-state index contributed by atoms with van der Waals surface area (Å²) in [5.41, 5.74) is 0.637. The van der Waals surface area contributed by atoms with Crippen molar-refractivity contribution in [3.63, 3.8) is 0 Å². The van der Waals surface area contributed by atoms with Gasteiger partial charge in [-0.2, -0.15) is 0 Å². The van der Waals surface area contributed by atoms with Gasteiger partial charge in [-0.15, -0.1) is 11.6 Å². The minimum Gasteiger partial charge on any atom is -0.497 e. The molecule has 0 amide bonds. The molecule has 0 fully saturated rings. The second-order valence-corrected chi connectivity index (χ2v) is 2.81. The number of ether oxygens (including phenoxy) is 2. The van der Waals surface area contributed by atoms with Gasteiger partial charge in [-0.1, -0.05) is 0 Å². The summed E-state index contributed by atoms with van der Waals surface area (Å²) in [4.78, 5) is 11.1. The first kappa shape index (κ1) is 9.39. The van der Waals surface area contributed by atoms with Crippen molar-refractivity contribution in [3.8, 4) is 0 Å². The fraction of sp³-hybridized carbons (Fsp3) is 0.625. The van der Waals surface area contributed by atoms with Crippen LogP contribution in [0.25, 0.3) is 0 Å². The summed E-state index contributed by atoms with van der Waals surface area (Å²) in [6.45, 7) is 0.566.